The maximum absolute atomic E-state index is 5.43. The molecule has 0 aromatic heterocycles. The summed E-state index contributed by atoms with van der Waals surface area (Å²) in [6.45, 7) is 8.52. The van der Waals surface area contributed by atoms with Gasteiger partial charge in [0.15, 0.2) is 5.96 Å². The molecule has 23 heavy (non-hydrogen) atoms. The number of likely N-dealkylation sites (tertiary alicyclic amines) is 1. The van der Waals surface area contributed by atoms with Gasteiger partial charge in [-0.15, -0.1) is 24.0 Å². The van der Waals surface area contributed by atoms with Crippen LogP contribution in [0, 0.1) is 0 Å². The molecule has 1 fully saturated rings. The molecule has 0 bridgehead atoms. The normalized spacial score (nSPS) is 19.3. The highest BCUT2D eigenvalue weighted by Crippen LogP contribution is 2.15. The lowest BCUT2D eigenvalue weighted by Crippen LogP contribution is -2.45. The van der Waals surface area contributed by atoms with Gasteiger partial charge in [0.2, 0.25) is 0 Å². The highest BCUT2D eigenvalue weighted by molar-refractivity contribution is 14.0. The topological polar surface area (TPSA) is 58.1 Å². The van der Waals surface area contributed by atoms with Gasteiger partial charge in [0.25, 0.3) is 0 Å². The van der Waals surface area contributed by atoms with Gasteiger partial charge < -0.3 is 20.1 Å². The summed E-state index contributed by atoms with van der Waals surface area (Å²) < 4.78 is 10.4. The van der Waals surface area contributed by atoms with Crippen molar-refractivity contribution in [2.24, 2.45) is 4.99 Å². The van der Waals surface area contributed by atoms with E-state index in [-0.39, 0.29) is 24.0 Å². The van der Waals surface area contributed by atoms with E-state index in [1.54, 1.807) is 7.11 Å². The van der Waals surface area contributed by atoms with Crippen molar-refractivity contribution >= 4 is 29.9 Å². The summed E-state index contributed by atoms with van der Waals surface area (Å²) in [7, 11) is 3.50. The minimum atomic E-state index is 0. The Labute approximate surface area is 158 Å². The summed E-state index contributed by atoms with van der Waals surface area (Å²) in [6, 6.07) is 0.717. The monoisotopic (exact) mass is 442 g/mol. The molecule has 2 N–H and O–H groups in total. The first-order valence-corrected chi connectivity index (χ1v) is 8.53. The van der Waals surface area contributed by atoms with E-state index in [1.165, 1.54) is 25.8 Å². The number of hydrogen-bond donors (Lipinski definition) is 2. The summed E-state index contributed by atoms with van der Waals surface area (Å²) in [5.74, 6) is 0.876. The van der Waals surface area contributed by atoms with Gasteiger partial charge in [-0.3, -0.25) is 9.89 Å². The van der Waals surface area contributed by atoms with E-state index in [4.69, 9.17) is 9.47 Å². The Bertz CT molecular complexity index is 306. The maximum Gasteiger partial charge on any atom is 0.191 e. The number of ether oxygens (including phenoxy) is 2. The molecule has 0 saturated carbocycles. The standard InChI is InChI=1S/C16H34N4O2.HI/c1-15-7-4-5-10-20(15)11-9-19-16(17-2)18-8-6-12-22-14-13-21-3;/h15H,4-14H2,1-3H3,(H2,17,18,19);1H. The van der Waals surface area contributed by atoms with Gasteiger partial charge in [0, 0.05) is 46.4 Å². The van der Waals surface area contributed by atoms with Crippen LogP contribution in [0.25, 0.3) is 0 Å². The molecule has 6 nitrogen and oxygen atoms in total. The third-order valence-electron chi connectivity index (χ3n) is 4.05. The van der Waals surface area contributed by atoms with Gasteiger partial charge in [-0.25, -0.2) is 0 Å². The van der Waals surface area contributed by atoms with Gasteiger partial charge in [-0.05, 0) is 32.7 Å². The van der Waals surface area contributed by atoms with Gasteiger partial charge in [0.05, 0.1) is 13.2 Å². The molecule has 0 spiro atoms. The Balaban J connectivity index is 0.00000484. The van der Waals surface area contributed by atoms with Crippen molar-refractivity contribution in [3.63, 3.8) is 0 Å². The van der Waals surface area contributed by atoms with E-state index < -0.39 is 0 Å². The second kappa shape index (κ2) is 15.4. The fraction of sp³-hybridized carbons (Fsp3) is 0.938. The summed E-state index contributed by atoms with van der Waals surface area (Å²) in [5, 5.41) is 6.70. The molecule has 1 heterocycles. The molecule has 138 valence electrons. The first-order valence-electron chi connectivity index (χ1n) is 8.53. The van der Waals surface area contributed by atoms with Crippen LogP contribution in [-0.4, -0.2) is 77.1 Å². The van der Waals surface area contributed by atoms with Crippen molar-refractivity contribution in [3.05, 3.63) is 0 Å². The van der Waals surface area contributed by atoms with Crippen LogP contribution in [0.4, 0.5) is 0 Å². The molecule has 1 aliphatic heterocycles. The minimum Gasteiger partial charge on any atom is -0.382 e. The highest BCUT2D eigenvalue weighted by atomic mass is 127. The number of rotatable bonds is 10. The lowest BCUT2D eigenvalue weighted by atomic mass is 10.0. The number of hydrogen-bond acceptors (Lipinski definition) is 4. The van der Waals surface area contributed by atoms with Crippen molar-refractivity contribution in [1.82, 2.24) is 15.5 Å². The summed E-state index contributed by atoms with van der Waals surface area (Å²) in [4.78, 5) is 6.81. The predicted octanol–water partition coefficient (Wildman–Crippen LogP) is 1.70. The van der Waals surface area contributed by atoms with Crippen molar-refractivity contribution in [3.8, 4) is 0 Å². The van der Waals surface area contributed by atoms with Gasteiger partial charge in [0.1, 0.15) is 0 Å². The molecular weight excluding hydrogens is 407 g/mol. The van der Waals surface area contributed by atoms with E-state index in [1.807, 2.05) is 7.05 Å². The smallest absolute Gasteiger partial charge is 0.191 e. The number of piperidine rings is 1. The number of nitrogens with one attached hydrogen (secondary N) is 2. The number of halogens is 1. The van der Waals surface area contributed by atoms with Gasteiger partial charge >= 0.3 is 0 Å². The summed E-state index contributed by atoms with van der Waals surface area (Å²) in [5.41, 5.74) is 0. The quantitative estimate of drug-likeness (QED) is 0.234. The van der Waals surface area contributed by atoms with Crippen LogP contribution < -0.4 is 10.6 Å². The molecule has 0 radical (unpaired) electrons. The number of guanidine groups is 1. The third kappa shape index (κ3) is 11.1. The molecule has 0 aliphatic carbocycles. The Kier molecular flexibility index (Phi) is 15.3. The predicted molar refractivity (Wildman–Crippen MR) is 107 cm³/mol. The molecule has 0 amide bonds. The van der Waals surface area contributed by atoms with Crippen molar-refractivity contribution < 1.29 is 9.47 Å². The zero-order chi connectivity index (χ0) is 16.0. The molecule has 1 saturated heterocycles. The van der Waals surface area contributed by atoms with E-state index in [0.717, 1.165) is 44.7 Å². The average molecular weight is 442 g/mol. The van der Waals surface area contributed by atoms with E-state index in [2.05, 4.69) is 27.4 Å². The summed E-state index contributed by atoms with van der Waals surface area (Å²) in [6.07, 6.45) is 5.00. The molecule has 1 rings (SSSR count). The van der Waals surface area contributed by atoms with Crippen molar-refractivity contribution in [2.45, 2.75) is 38.6 Å². The second-order valence-electron chi connectivity index (χ2n) is 5.77. The largest absolute Gasteiger partial charge is 0.382 e. The number of methoxy groups -OCH3 is 1. The van der Waals surface area contributed by atoms with Crippen molar-refractivity contribution in [2.75, 3.05) is 60.2 Å². The first kappa shape index (κ1) is 22.9. The molecule has 0 aromatic carbocycles. The van der Waals surface area contributed by atoms with Crippen LogP contribution in [0.1, 0.15) is 32.6 Å². The average Bonchev–Trinajstić information content (AvgIpc) is 2.54. The van der Waals surface area contributed by atoms with Crippen LogP contribution in [-0.2, 0) is 9.47 Å². The highest BCUT2D eigenvalue weighted by Gasteiger charge is 2.17. The van der Waals surface area contributed by atoms with Crippen LogP contribution in [0.15, 0.2) is 4.99 Å². The first-order chi connectivity index (χ1) is 10.8. The van der Waals surface area contributed by atoms with Crippen molar-refractivity contribution in [1.29, 1.82) is 0 Å². The van der Waals surface area contributed by atoms with Gasteiger partial charge in [-0.1, -0.05) is 6.42 Å². The molecule has 7 heteroatoms. The minimum absolute atomic E-state index is 0. The SMILES string of the molecule is CN=C(NCCCOCCOC)NCCN1CCCCC1C.I. The molecule has 1 unspecified atom stereocenters. The third-order valence-corrected chi connectivity index (χ3v) is 4.05. The van der Waals surface area contributed by atoms with E-state index >= 15 is 0 Å². The fourth-order valence-corrected chi connectivity index (χ4v) is 2.65. The maximum atomic E-state index is 5.43. The summed E-state index contributed by atoms with van der Waals surface area (Å²) >= 11 is 0. The second-order valence-corrected chi connectivity index (χ2v) is 5.77. The Morgan fingerprint density at radius 3 is 2.65 bits per heavy atom. The Hall–Kier alpha value is -0.120. The molecule has 1 atom stereocenters. The Morgan fingerprint density at radius 2 is 1.96 bits per heavy atom. The number of aliphatic imine (C=N–C) groups is 1. The van der Waals surface area contributed by atoms with Gasteiger partial charge in [-0.2, -0.15) is 0 Å². The fourth-order valence-electron chi connectivity index (χ4n) is 2.65. The number of nitrogens with zero attached hydrogens (tertiary/aromatic N) is 2. The molecule has 1 aliphatic rings. The van der Waals surface area contributed by atoms with Crippen LogP contribution in [0.3, 0.4) is 0 Å². The van der Waals surface area contributed by atoms with Crippen LogP contribution in [0.5, 0.6) is 0 Å². The van der Waals surface area contributed by atoms with E-state index in [0.29, 0.717) is 13.2 Å². The zero-order valence-corrected chi connectivity index (χ0v) is 17.3. The molecular formula is C16H35IN4O2. The zero-order valence-electron chi connectivity index (χ0n) is 15.0. The van der Waals surface area contributed by atoms with Crippen LogP contribution in [0.2, 0.25) is 0 Å². The lowest BCUT2D eigenvalue weighted by Gasteiger charge is -2.33. The molecule has 0 aromatic rings. The lowest BCUT2D eigenvalue weighted by molar-refractivity contribution is 0.0698. The van der Waals surface area contributed by atoms with E-state index in [9.17, 15) is 0 Å². The van der Waals surface area contributed by atoms with Crippen LogP contribution >= 0.6 is 24.0 Å². The Morgan fingerprint density at radius 1 is 1.17 bits per heavy atom.